The molecular weight excluding hydrogens is 196 g/mol. The van der Waals surface area contributed by atoms with Crippen molar-refractivity contribution in [1.29, 1.82) is 0 Å². The molecular formula is C14H22N2. The molecule has 1 fully saturated rings. The van der Waals surface area contributed by atoms with Gasteiger partial charge in [-0.1, -0.05) is 39.7 Å². The van der Waals surface area contributed by atoms with Crippen LogP contribution >= 0.6 is 0 Å². The summed E-state index contributed by atoms with van der Waals surface area (Å²) in [5.74, 6) is 1.03. The summed E-state index contributed by atoms with van der Waals surface area (Å²) in [5.41, 5.74) is 1.49. The van der Waals surface area contributed by atoms with Gasteiger partial charge in [-0.3, -0.25) is 0 Å². The van der Waals surface area contributed by atoms with Crippen LogP contribution in [0.2, 0.25) is 0 Å². The van der Waals surface area contributed by atoms with Gasteiger partial charge in [0, 0.05) is 12.2 Å². The van der Waals surface area contributed by atoms with E-state index in [-0.39, 0.29) is 5.41 Å². The van der Waals surface area contributed by atoms with Crippen LogP contribution in [0, 0.1) is 0 Å². The predicted molar refractivity (Wildman–Crippen MR) is 68.8 cm³/mol. The van der Waals surface area contributed by atoms with Crippen LogP contribution in [0.15, 0.2) is 18.3 Å². The standard InChI is InChI=1S/C14H22N2/c1-14(2,3)11-8-9-13(15-10-11)16-12-6-4-5-7-12/h8-10,12H,4-7H2,1-3H3,(H,15,16). The van der Waals surface area contributed by atoms with Crippen LogP contribution in [-0.2, 0) is 5.41 Å². The molecule has 0 aliphatic heterocycles. The molecule has 1 aliphatic rings. The monoisotopic (exact) mass is 218 g/mol. The lowest BCUT2D eigenvalue weighted by Gasteiger charge is -2.19. The van der Waals surface area contributed by atoms with Gasteiger partial charge in [-0.05, 0) is 29.9 Å². The number of nitrogens with zero attached hydrogens (tertiary/aromatic N) is 1. The van der Waals surface area contributed by atoms with E-state index in [0.29, 0.717) is 6.04 Å². The van der Waals surface area contributed by atoms with Gasteiger partial charge in [-0.2, -0.15) is 0 Å². The summed E-state index contributed by atoms with van der Waals surface area (Å²) in [7, 11) is 0. The van der Waals surface area contributed by atoms with Gasteiger partial charge < -0.3 is 5.32 Å². The van der Waals surface area contributed by atoms with Crippen molar-refractivity contribution in [3.8, 4) is 0 Å². The second-order valence-corrected chi connectivity index (χ2v) is 5.81. The topological polar surface area (TPSA) is 24.9 Å². The molecule has 88 valence electrons. The summed E-state index contributed by atoms with van der Waals surface area (Å²) in [6.07, 6.45) is 7.30. The molecule has 0 radical (unpaired) electrons. The molecule has 0 amide bonds. The van der Waals surface area contributed by atoms with Crippen LogP contribution in [0.4, 0.5) is 5.82 Å². The largest absolute Gasteiger partial charge is 0.367 e. The van der Waals surface area contributed by atoms with E-state index in [2.05, 4.69) is 43.2 Å². The Morgan fingerprint density at radius 1 is 1.19 bits per heavy atom. The molecule has 2 rings (SSSR count). The summed E-state index contributed by atoms with van der Waals surface area (Å²) >= 11 is 0. The Labute approximate surface area is 98.5 Å². The fraction of sp³-hybridized carbons (Fsp3) is 0.643. The molecule has 0 bridgehead atoms. The van der Waals surface area contributed by atoms with Gasteiger partial charge in [-0.25, -0.2) is 4.98 Å². The quantitative estimate of drug-likeness (QED) is 0.818. The second kappa shape index (κ2) is 4.44. The highest BCUT2D eigenvalue weighted by atomic mass is 15.0. The lowest BCUT2D eigenvalue weighted by molar-refractivity contribution is 0.587. The second-order valence-electron chi connectivity index (χ2n) is 5.81. The van der Waals surface area contributed by atoms with Gasteiger partial charge in [0.25, 0.3) is 0 Å². The molecule has 0 unspecified atom stereocenters. The van der Waals surface area contributed by atoms with Gasteiger partial charge in [0.2, 0.25) is 0 Å². The number of hydrogen-bond acceptors (Lipinski definition) is 2. The molecule has 1 aromatic rings. The van der Waals surface area contributed by atoms with Gasteiger partial charge in [0.15, 0.2) is 0 Å². The highest BCUT2D eigenvalue weighted by molar-refractivity contribution is 5.38. The van der Waals surface area contributed by atoms with Crippen molar-refractivity contribution in [3.63, 3.8) is 0 Å². The minimum atomic E-state index is 0.193. The Bertz CT molecular complexity index is 329. The summed E-state index contributed by atoms with van der Waals surface area (Å²) < 4.78 is 0. The zero-order valence-electron chi connectivity index (χ0n) is 10.6. The van der Waals surface area contributed by atoms with Crippen LogP contribution in [0.1, 0.15) is 52.0 Å². The van der Waals surface area contributed by atoms with E-state index in [4.69, 9.17) is 0 Å². The average Bonchev–Trinajstić information content (AvgIpc) is 2.70. The zero-order chi connectivity index (χ0) is 11.6. The number of nitrogens with one attached hydrogen (secondary N) is 1. The molecule has 1 N–H and O–H groups in total. The van der Waals surface area contributed by atoms with Crippen LogP contribution < -0.4 is 5.32 Å². The molecule has 0 spiro atoms. The van der Waals surface area contributed by atoms with E-state index in [1.54, 1.807) is 0 Å². The number of rotatable bonds is 2. The van der Waals surface area contributed by atoms with E-state index in [0.717, 1.165) is 5.82 Å². The Hall–Kier alpha value is -1.05. The molecule has 0 atom stereocenters. The normalized spacial score (nSPS) is 17.7. The number of pyridine rings is 1. The molecule has 0 aromatic carbocycles. The van der Waals surface area contributed by atoms with Gasteiger partial charge >= 0.3 is 0 Å². The highest BCUT2D eigenvalue weighted by Gasteiger charge is 2.16. The van der Waals surface area contributed by atoms with Gasteiger partial charge in [0.05, 0.1) is 0 Å². The van der Waals surface area contributed by atoms with Crippen molar-refractivity contribution >= 4 is 5.82 Å². The van der Waals surface area contributed by atoms with Crippen LogP contribution in [0.5, 0.6) is 0 Å². The zero-order valence-corrected chi connectivity index (χ0v) is 10.6. The maximum Gasteiger partial charge on any atom is 0.126 e. The van der Waals surface area contributed by atoms with Crippen LogP contribution in [0.25, 0.3) is 0 Å². The Morgan fingerprint density at radius 3 is 2.38 bits per heavy atom. The third kappa shape index (κ3) is 2.75. The molecule has 16 heavy (non-hydrogen) atoms. The predicted octanol–water partition coefficient (Wildman–Crippen LogP) is 3.73. The van der Waals surface area contributed by atoms with E-state index >= 15 is 0 Å². The first-order chi connectivity index (χ1) is 7.55. The summed E-state index contributed by atoms with van der Waals surface area (Å²) in [5, 5.41) is 3.51. The first kappa shape index (κ1) is 11.4. The fourth-order valence-corrected chi connectivity index (χ4v) is 2.20. The minimum absolute atomic E-state index is 0.193. The minimum Gasteiger partial charge on any atom is -0.367 e. The molecule has 2 heteroatoms. The molecule has 1 heterocycles. The molecule has 1 saturated carbocycles. The Balaban J connectivity index is 2.01. The summed E-state index contributed by atoms with van der Waals surface area (Å²) in [6, 6.07) is 4.94. The lowest BCUT2D eigenvalue weighted by atomic mass is 9.88. The van der Waals surface area contributed by atoms with Gasteiger partial charge in [-0.15, -0.1) is 0 Å². The number of aromatic nitrogens is 1. The molecule has 0 saturated heterocycles. The van der Waals surface area contributed by atoms with E-state index in [1.807, 2.05) is 6.20 Å². The number of hydrogen-bond donors (Lipinski definition) is 1. The molecule has 1 aliphatic carbocycles. The summed E-state index contributed by atoms with van der Waals surface area (Å²) in [4.78, 5) is 4.50. The lowest BCUT2D eigenvalue weighted by Crippen LogP contribution is -2.16. The van der Waals surface area contributed by atoms with Gasteiger partial charge in [0.1, 0.15) is 5.82 Å². The van der Waals surface area contributed by atoms with Crippen molar-refractivity contribution in [2.24, 2.45) is 0 Å². The van der Waals surface area contributed by atoms with Crippen molar-refractivity contribution in [3.05, 3.63) is 23.9 Å². The van der Waals surface area contributed by atoms with Crippen molar-refractivity contribution < 1.29 is 0 Å². The van der Waals surface area contributed by atoms with E-state index in [1.165, 1.54) is 31.2 Å². The first-order valence-corrected chi connectivity index (χ1v) is 6.29. The van der Waals surface area contributed by atoms with E-state index < -0.39 is 0 Å². The van der Waals surface area contributed by atoms with Crippen LogP contribution in [0.3, 0.4) is 0 Å². The maximum absolute atomic E-state index is 4.50. The molecule has 2 nitrogen and oxygen atoms in total. The smallest absolute Gasteiger partial charge is 0.126 e. The Kier molecular flexibility index (Phi) is 3.17. The number of anilines is 1. The first-order valence-electron chi connectivity index (χ1n) is 6.29. The fourth-order valence-electron chi connectivity index (χ4n) is 2.20. The molecule has 1 aromatic heterocycles. The Morgan fingerprint density at radius 2 is 1.88 bits per heavy atom. The SMILES string of the molecule is CC(C)(C)c1ccc(NC2CCCC2)nc1. The highest BCUT2D eigenvalue weighted by Crippen LogP contribution is 2.24. The van der Waals surface area contributed by atoms with E-state index in [9.17, 15) is 0 Å². The van der Waals surface area contributed by atoms with Crippen molar-refractivity contribution in [2.75, 3.05) is 5.32 Å². The third-order valence-corrected chi connectivity index (χ3v) is 3.34. The van der Waals surface area contributed by atoms with Crippen LogP contribution in [-0.4, -0.2) is 11.0 Å². The average molecular weight is 218 g/mol. The van der Waals surface area contributed by atoms with Crippen molar-refractivity contribution in [2.45, 2.75) is 57.9 Å². The third-order valence-electron chi connectivity index (χ3n) is 3.34. The summed E-state index contributed by atoms with van der Waals surface area (Å²) in [6.45, 7) is 6.65. The van der Waals surface area contributed by atoms with Crippen molar-refractivity contribution in [1.82, 2.24) is 4.98 Å². The maximum atomic E-state index is 4.50.